The number of rotatable bonds is 9. The molecule has 0 radical (unpaired) electrons. The number of carbonyl (C=O) groups is 2. The van der Waals surface area contributed by atoms with E-state index in [1.165, 1.54) is 11.0 Å². The maximum atomic E-state index is 13.6. The van der Waals surface area contributed by atoms with Gasteiger partial charge >= 0.3 is 0 Å². The minimum atomic E-state index is -1.09. The lowest BCUT2D eigenvalue weighted by Gasteiger charge is -2.42. The Morgan fingerprint density at radius 2 is 1.78 bits per heavy atom. The van der Waals surface area contributed by atoms with E-state index in [1.54, 1.807) is 36.4 Å². The summed E-state index contributed by atoms with van der Waals surface area (Å²) in [6.07, 6.45) is 0. The summed E-state index contributed by atoms with van der Waals surface area (Å²) in [5, 5.41) is 13.2. The second-order valence-corrected chi connectivity index (χ2v) is 9.16. The highest BCUT2D eigenvalue weighted by Crippen LogP contribution is 2.45. The molecule has 0 saturated heterocycles. The number of benzene rings is 3. The Bertz CT molecular complexity index is 1260. The van der Waals surface area contributed by atoms with E-state index in [4.69, 9.17) is 28.0 Å². The molecule has 3 aromatic carbocycles. The second kappa shape index (κ2) is 11.6. The highest BCUT2D eigenvalue weighted by molar-refractivity contribution is 6.35. The predicted octanol–water partition coefficient (Wildman–Crippen LogP) is 4.65. The molecule has 36 heavy (non-hydrogen) atoms. The van der Waals surface area contributed by atoms with E-state index in [-0.39, 0.29) is 18.2 Å². The molecule has 1 heterocycles. The summed E-state index contributed by atoms with van der Waals surface area (Å²) in [6.45, 7) is -0.643. The number of nitroso groups, excluding NO2 is 1. The summed E-state index contributed by atoms with van der Waals surface area (Å²) >= 11 is 12.6. The molecule has 10 heteroatoms. The van der Waals surface area contributed by atoms with E-state index in [0.29, 0.717) is 21.7 Å². The van der Waals surface area contributed by atoms with Crippen LogP contribution in [0.4, 0.5) is 0 Å². The van der Waals surface area contributed by atoms with E-state index in [9.17, 15) is 19.6 Å². The van der Waals surface area contributed by atoms with E-state index >= 15 is 0 Å². The summed E-state index contributed by atoms with van der Waals surface area (Å²) in [6, 6.07) is 18.8. The van der Waals surface area contributed by atoms with E-state index in [0.717, 1.165) is 5.56 Å². The van der Waals surface area contributed by atoms with Crippen molar-refractivity contribution in [3.8, 4) is 0 Å². The van der Waals surface area contributed by atoms with Crippen molar-refractivity contribution in [3.05, 3.63) is 110 Å². The van der Waals surface area contributed by atoms with Crippen molar-refractivity contribution in [1.29, 1.82) is 0 Å². The quantitative estimate of drug-likeness (QED) is 0.311. The highest BCUT2D eigenvalue weighted by Gasteiger charge is 2.45. The van der Waals surface area contributed by atoms with Crippen LogP contribution in [0.3, 0.4) is 0 Å². The van der Waals surface area contributed by atoms with Gasteiger partial charge in [-0.1, -0.05) is 83.0 Å². The fraction of sp³-hybridized carbons (Fsp3) is 0.231. The smallest absolute Gasteiger partial charge is 0.254 e. The van der Waals surface area contributed by atoms with Gasteiger partial charge in [-0.05, 0) is 34.9 Å². The second-order valence-electron chi connectivity index (χ2n) is 8.32. The molecule has 4 rings (SSSR count). The maximum Gasteiger partial charge on any atom is 0.254 e. The number of nitrogens with one attached hydrogen (secondary N) is 1. The number of nitrogens with zero attached hydrogens (tertiary/aromatic N) is 2. The number of hydrogen-bond acceptors (Lipinski definition) is 6. The molecular weight excluding hydrogens is 505 g/mol. The molecular formula is C26H23Cl2N3O5. The Morgan fingerprint density at radius 1 is 1.06 bits per heavy atom. The van der Waals surface area contributed by atoms with E-state index in [1.807, 2.05) is 30.3 Å². The zero-order valence-electron chi connectivity index (χ0n) is 19.0. The third-order valence-electron chi connectivity index (χ3n) is 6.02. The van der Waals surface area contributed by atoms with Crippen molar-refractivity contribution in [2.24, 2.45) is 5.18 Å². The third kappa shape index (κ3) is 5.42. The molecule has 186 valence electrons. The summed E-state index contributed by atoms with van der Waals surface area (Å²) in [5.41, 5.74) is 4.60. The number of amides is 2. The van der Waals surface area contributed by atoms with Crippen molar-refractivity contribution in [1.82, 2.24) is 10.4 Å². The first kappa shape index (κ1) is 25.8. The van der Waals surface area contributed by atoms with Crippen LogP contribution in [0.15, 0.2) is 78.0 Å². The predicted molar refractivity (Wildman–Crippen MR) is 135 cm³/mol. The fourth-order valence-electron chi connectivity index (χ4n) is 4.34. The lowest BCUT2D eigenvalue weighted by Crippen LogP contribution is -2.50. The molecule has 3 unspecified atom stereocenters. The molecule has 0 saturated carbocycles. The molecule has 1 aliphatic heterocycles. The van der Waals surface area contributed by atoms with Gasteiger partial charge in [0.25, 0.3) is 11.8 Å². The van der Waals surface area contributed by atoms with Gasteiger partial charge in [0, 0.05) is 22.2 Å². The Kier molecular flexibility index (Phi) is 8.32. The van der Waals surface area contributed by atoms with Crippen molar-refractivity contribution in [3.63, 3.8) is 0 Å². The van der Waals surface area contributed by atoms with E-state index in [2.05, 4.69) is 10.7 Å². The largest absolute Gasteiger partial charge is 0.394 e. The van der Waals surface area contributed by atoms with Gasteiger partial charge in [-0.15, -0.1) is 0 Å². The lowest BCUT2D eigenvalue weighted by atomic mass is 9.79. The Hall–Kier alpha value is -3.30. The summed E-state index contributed by atoms with van der Waals surface area (Å²) in [7, 11) is 0. The molecule has 1 aliphatic rings. The first-order valence-corrected chi connectivity index (χ1v) is 11.9. The van der Waals surface area contributed by atoms with Crippen LogP contribution in [0.25, 0.3) is 0 Å². The molecule has 3 aromatic rings. The SMILES string of the molecule is O=NC(CO)CN1C(=O)c2ccccc2C(C(=O)NOCc2ccccc2)C1c1ccc(Cl)cc1Cl. The van der Waals surface area contributed by atoms with Gasteiger partial charge in [-0.3, -0.25) is 14.4 Å². The Morgan fingerprint density at radius 3 is 2.47 bits per heavy atom. The van der Waals surface area contributed by atoms with Crippen LogP contribution >= 0.6 is 23.2 Å². The van der Waals surface area contributed by atoms with Crippen LogP contribution in [-0.4, -0.2) is 41.0 Å². The zero-order valence-corrected chi connectivity index (χ0v) is 20.5. The van der Waals surface area contributed by atoms with Crippen molar-refractivity contribution >= 4 is 35.0 Å². The summed E-state index contributed by atoms with van der Waals surface area (Å²) in [4.78, 5) is 45.4. The zero-order chi connectivity index (χ0) is 25.7. The molecule has 2 N–H and O–H groups in total. The number of fused-ring (bicyclic) bond motifs is 1. The van der Waals surface area contributed by atoms with Gasteiger partial charge in [-0.2, -0.15) is 4.91 Å². The first-order chi connectivity index (χ1) is 17.4. The van der Waals surface area contributed by atoms with Gasteiger partial charge in [-0.25, -0.2) is 5.48 Å². The molecule has 0 aliphatic carbocycles. The van der Waals surface area contributed by atoms with Crippen LogP contribution < -0.4 is 5.48 Å². The topological polar surface area (TPSA) is 108 Å². The van der Waals surface area contributed by atoms with Crippen molar-refractivity contribution < 1.29 is 19.5 Å². The van der Waals surface area contributed by atoms with E-state index < -0.39 is 36.4 Å². The number of hydrogen-bond donors (Lipinski definition) is 2. The van der Waals surface area contributed by atoms with Crippen molar-refractivity contribution in [2.75, 3.05) is 13.2 Å². The Balaban J connectivity index is 1.76. The summed E-state index contributed by atoms with van der Waals surface area (Å²) < 4.78 is 0. The van der Waals surface area contributed by atoms with Crippen molar-refractivity contribution in [2.45, 2.75) is 24.6 Å². The van der Waals surface area contributed by atoms with Crippen LogP contribution in [0.2, 0.25) is 10.0 Å². The number of aliphatic hydroxyl groups is 1. The fourth-order valence-corrected chi connectivity index (χ4v) is 4.86. The van der Waals surface area contributed by atoms with Crippen LogP contribution in [0, 0.1) is 4.91 Å². The highest BCUT2D eigenvalue weighted by atomic mass is 35.5. The normalized spacial score (nSPS) is 17.9. The van der Waals surface area contributed by atoms with Gasteiger partial charge in [0.2, 0.25) is 0 Å². The standard InChI is InChI=1S/C26H23Cl2N3O5/c27-17-10-11-21(22(28)12-17)24-23(25(33)30-36-15-16-6-2-1-3-7-16)19-8-4-5-9-20(19)26(34)31(24)13-18(14-32)29-35/h1-12,18,23-24,32H,13-15H2,(H,30,33). The molecule has 8 nitrogen and oxygen atoms in total. The molecule has 0 spiro atoms. The van der Waals surface area contributed by atoms with Crippen LogP contribution in [0.5, 0.6) is 0 Å². The lowest BCUT2D eigenvalue weighted by molar-refractivity contribution is -0.138. The number of carbonyl (C=O) groups excluding carboxylic acids is 2. The van der Waals surface area contributed by atoms with Crippen LogP contribution in [0.1, 0.15) is 39.0 Å². The Labute approximate surface area is 217 Å². The number of halogens is 2. The molecule has 2 amide bonds. The molecule has 0 bridgehead atoms. The van der Waals surface area contributed by atoms with Gasteiger partial charge < -0.3 is 10.0 Å². The van der Waals surface area contributed by atoms with Gasteiger partial charge in [0.15, 0.2) is 0 Å². The summed E-state index contributed by atoms with van der Waals surface area (Å²) in [5.74, 6) is -1.87. The van der Waals surface area contributed by atoms with Gasteiger partial charge in [0.05, 0.1) is 25.2 Å². The van der Waals surface area contributed by atoms with Gasteiger partial charge in [0.1, 0.15) is 6.04 Å². The van der Waals surface area contributed by atoms with Crippen LogP contribution in [-0.2, 0) is 16.2 Å². The maximum absolute atomic E-state index is 13.6. The molecule has 3 atom stereocenters. The molecule has 0 fully saturated rings. The third-order valence-corrected chi connectivity index (χ3v) is 6.59. The minimum absolute atomic E-state index is 0.137. The average molecular weight is 528 g/mol. The first-order valence-electron chi connectivity index (χ1n) is 11.2. The number of hydroxylamine groups is 1. The number of aliphatic hydroxyl groups excluding tert-OH is 1. The minimum Gasteiger partial charge on any atom is -0.394 e. The monoisotopic (exact) mass is 527 g/mol. The molecule has 0 aromatic heterocycles. The average Bonchev–Trinajstić information content (AvgIpc) is 2.89.